The number of hydrogen-bond donors (Lipinski definition) is 1. The summed E-state index contributed by atoms with van der Waals surface area (Å²) < 4.78 is 2.13. The number of aliphatic hydroxyl groups excluding tert-OH is 1. The quantitative estimate of drug-likeness (QED) is 0.888. The zero-order valence-corrected chi connectivity index (χ0v) is 13.1. The second-order valence-electron chi connectivity index (χ2n) is 5.45. The van der Waals surface area contributed by atoms with Gasteiger partial charge in [0.15, 0.2) is 0 Å². The molecular formula is C17H24N2O2. The van der Waals surface area contributed by atoms with E-state index in [4.69, 9.17) is 5.11 Å². The average molecular weight is 288 g/mol. The van der Waals surface area contributed by atoms with Gasteiger partial charge in [-0.1, -0.05) is 31.5 Å². The van der Waals surface area contributed by atoms with Gasteiger partial charge >= 0.3 is 0 Å². The highest BCUT2D eigenvalue weighted by atomic mass is 16.3. The van der Waals surface area contributed by atoms with Gasteiger partial charge in [0.2, 0.25) is 0 Å². The summed E-state index contributed by atoms with van der Waals surface area (Å²) in [5, 5.41) is 10.2. The van der Waals surface area contributed by atoms with Crippen molar-refractivity contribution in [3.63, 3.8) is 0 Å². The van der Waals surface area contributed by atoms with Crippen molar-refractivity contribution in [2.75, 3.05) is 20.2 Å². The average Bonchev–Trinajstić information content (AvgIpc) is 2.77. The molecular weight excluding hydrogens is 264 g/mol. The van der Waals surface area contributed by atoms with Crippen molar-refractivity contribution < 1.29 is 9.90 Å². The lowest BCUT2D eigenvalue weighted by Gasteiger charge is -2.18. The van der Waals surface area contributed by atoms with E-state index in [9.17, 15) is 4.79 Å². The number of aryl methyl sites for hydroxylation is 2. The van der Waals surface area contributed by atoms with Gasteiger partial charge in [0.1, 0.15) is 5.69 Å². The summed E-state index contributed by atoms with van der Waals surface area (Å²) in [7, 11) is 1.74. The van der Waals surface area contributed by atoms with Gasteiger partial charge in [-0.05, 0) is 25.0 Å². The fraction of sp³-hybridized carbons (Fsp3) is 0.471. The highest BCUT2D eigenvalue weighted by Crippen LogP contribution is 2.27. The van der Waals surface area contributed by atoms with E-state index in [1.807, 2.05) is 19.1 Å². The molecule has 1 amide bonds. The summed E-state index contributed by atoms with van der Waals surface area (Å²) in [4.78, 5) is 14.3. The van der Waals surface area contributed by atoms with Crippen molar-refractivity contribution in [1.82, 2.24) is 9.47 Å². The maximum Gasteiger partial charge on any atom is 0.270 e. The third-order valence-corrected chi connectivity index (χ3v) is 3.94. The van der Waals surface area contributed by atoms with Crippen LogP contribution in [0, 0.1) is 6.92 Å². The van der Waals surface area contributed by atoms with Gasteiger partial charge in [-0.25, -0.2) is 0 Å². The molecule has 0 aliphatic heterocycles. The molecule has 0 aliphatic rings. The molecule has 114 valence electrons. The highest BCUT2D eigenvalue weighted by Gasteiger charge is 2.22. The number of carbonyl (C=O) groups is 1. The molecule has 4 nitrogen and oxygen atoms in total. The lowest BCUT2D eigenvalue weighted by molar-refractivity contribution is 0.0756. The maximum absolute atomic E-state index is 12.7. The second-order valence-corrected chi connectivity index (χ2v) is 5.45. The van der Waals surface area contributed by atoms with Crippen LogP contribution in [-0.4, -0.2) is 40.7 Å². The number of carbonyl (C=O) groups excluding carboxylic acids is 1. The molecule has 1 aromatic heterocycles. The molecule has 1 heterocycles. The van der Waals surface area contributed by atoms with Crippen LogP contribution >= 0.6 is 0 Å². The monoisotopic (exact) mass is 288 g/mol. The van der Waals surface area contributed by atoms with Crippen molar-refractivity contribution in [1.29, 1.82) is 0 Å². The fourth-order valence-electron chi connectivity index (χ4n) is 2.73. The van der Waals surface area contributed by atoms with E-state index in [0.29, 0.717) is 6.54 Å². The molecule has 0 atom stereocenters. The largest absolute Gasteiger partial charge is 0.395 e. The molecule has 0 saturated carbocycles. The number of fused-ring (bicyclic) bond motifs is 1. The summed E-state index contributed by atoms with van der Waals surface area (Å²) in [6.45, 7) is 5.34. The van der Waals surface area contributed by atoms with Crippen LogP contribution in [0.1, 0.15) is 35.8 Å². The third-order valence-electron chi connectivity index (χ3n) is 3.94. The number of nitrogens with zero attached hydrogens (tertiary/aromatic N) is 2. The summed E-state index contributed by atoms with van der Waals surface area (Å²) in [5.74, 6) is -0.0196. The minimum Gasteiger partial charge on any atom is -0.395 e. The molecule has 0 spiro atoms. The highest BCUT2D eigenvalue weighted by molar-refractivity contribution is 6.01. The molecule has 0 aliphatic carbocycles. The number of likely N-dealkylation sites (N-methyl/N-ethyl adjacent to an activating group) is 1. The van der Waals surface area contributed by atoms with E-state index in [1.54, 1.807) is 11.9 Å². The number of amides is 1. The maximum atomic E-state index is 12.7. The van der Waals surface area contributed by atoms with Gasteiger partial charge in [-0.2, -0.15) is 0 Å². The predicted octanol–water partition coefficient (Wildman–Crippen LogP) is 2.81. The van der Waals surface area contributed by atoms with Gasteiger partial charge in [0.25, 0.3) is 5.91 Å². The molecule has 4 heteroatoms. The standard InChI is InChI=1S/C17H24N2O2/c1-4-5-10-19-15-9-7-6-8-14(15)13(2)16(19)17(21)18(3)11-12-20/h6-9,20H,4-5,10-12H2,1-3H3. The fourth-order valence-corrected chi connectivity index (χ4v) is 2.73. The number of benzene rings is 1. The third kappa shape index (κ3) is 2.95. The lowest BCUT2D eigenvalue weighted by atomic mass is 10.1. The Hall–Kier alpha value is -1.81. The van der Waals surface area contributed by atoms with E-state index < -0.39 is 0 Å². The SMILES string of the molecule is CCCCn1c(C(=O)N(C)CCO)c(C)c2ccccc21. The van der Waals surface area contributed by atoms with Crippen molar-refractivity contribution in [3.8, 4) is 0 Å². The minimum atomic E-state index is -0.0196. The Kier molecular flexibility index (Phi) is 5.02. The van der Waals surface area contributed by atoms with E-state index in [-0.39, 0.29) is 12.5 Å². The number of hydrogen-bond acceptors (Lipinski definition) is 2. The first-order chi connectivity index (χ1) is 10.1. The summed E-state index contributed by atoms with van der Waals surface area (Å²) in [6.07, 6.45) is 2.13. The van der Waals surface area contributed by atoms with E-state index in [0.717, 1.165) is 41.5 Å². The zero-order chi connectivity index (χ0) is 15.4. The van der Waals surface area contributed by atoms with Gasteiger partial charge in [0, 0.05) is 31.0 Å². The number of aromatic nitrogens is 1. The molecule has 0 unspecified atom stereocenters. The number of unbranched alkanes of at least 4 members (excludes halogenated alkanes) is 1. The van der Waals surface area contributed by atoms with Gasteiger partial charge in [-0.3, -0.25) is 4.79 Å². The molecule has 1 N–H and O–H groups in total. The number of rotatable bonds is 6. The minimum absolute atomic E-state index is 0.0174. The second kappa shape index (κ2) is 6.76. The topological polar surface area (TPSA) is 45.5 Å². The van der Waals surface area contributed by atoms with Crippen LogP contribution in [0.5, 0.6) is 0 Å². The summed E-state index contributed by atoms with van der Waals surface area (Å²) in [6, 6.07) is 8.15. The van der Waals surface area contributed by atoms with Crippen LogP contribution in [0.25, 0.3) is 10.9 Å². The predicted molar refractivity (Wildman–Crippen MR) is 85.6 cm³/mol. The van der Waals surface area contributed by atoms with E-state index in [2.05, 4.69) is 23.6 Å². The van der Waals surface area contributed by atoms with E-state index >= 15 is 0 Å². The Morgan fingerprint density at radius 3 is 2.71 bits per heavy atom. The van der Waals surface area contributed by atoms with Crippen molar-refractivity contribution in [2.45, 2.75) is 33.2 Å². The molecule has 0 saturated heterocycles. The number of aliphatic hydroxyl groups is 1. The van der Waals surface area contributed by atoms with Crippen molar-refractivity contribution in [3.05, 3.63) is 35.5 Å². The van der Waals surface area contributed by atoms with Crippen LogP contribution in [0.3, 0.4) is 0 Å². The van der Waals surface area contributed by atoms with Crippen LogP contribution in [0.15, 0.2) is 24.3 Å². The molecule has 0 bridgehead atoms. The molecule has 0 radical (unpaired) electrons. The lowest BCUT2D eigenvalue weighted by Crippen LogP contribution is -2.31. The van der Waals surface area contributed by atoms with Gasteiger partial charge in [0.05, 0.1) is 6.61 Å². The molecule has 1 aromatic carbocycles. The first-order valence-corrected chi connectivity index (χ1v) is 7.56. The normalized spacial score (nSPS) is 11.0. The Morgan fingerprint density at radius 2 is 2.05 bits per heavy atom. The smallest absolute Gasteiger partial charge is 0.270 e. The van der Waals surface area contributed by atoms with Crippen LogP contribution in [0.2, 0.25) is 0 Å². The first-order valence-electron chi connectivity index (χ1n) is 7.56. The van der Waals surface area contributed by atoms with Crippen LogP contribution in [0.4, 0.5) is 0 Å². The zero-order valence-electron chi connectivity index (χ0n) is 13.1. The summed E-state index contributed by atoms with van der Waals surface area (Å²) >= 11 is 0. The Bertz CT molecular complexity index is 631. The molecule has 21 heavy (non-hydrogen) atoms. The molecule has 0 fully saturated rings. The Balaban J connectivity index is 2.54. The Morgan fingerprint density at radius 1 is 1.33 bits per heavy atom. The van der Waals surface area contributed by atoms with Crippen molar-refractivity contribution >= 4 is 16.8 Å². The number of para-hydroxylation sites is 1. The first kappa shape index (κ1) is 15.6. The van der Waals surface area contributed by atoms with Gasteiger partial charge < -0.3 is 14.6 Å². The van der Waals surface area contributed by atoms with Gasteiger partial charge in [-0.15, -0.1) is 0 Å². The van der Waals surface area contributed by atoms with E-state index in [1.165, 1.54) is 0 Å². The summed E-state index contributed by atoms with van der Waals surface area (Å²) in [5.41, 5.74) is 2.89. The Labute approximate surface area is 126 Å². The van der Waals surface area contributed by atoms with Crippen molar-refractivity contribution in [2.24, 2.45) is 0 Å². The molecule has 2 rings (SSSR count). The molecule has 2 aromatic rings. The van der Waals surface area contributed by atoms with Crippen LogP contribution in [-0.2, 0) is 6.54 Å². The van der Waals surface area contributed by atoms with Crippen LogP contribution < -0.4 is 0 Å².